The maximum Gasteiger partial charge on any atom is 0.150 e. The molecule has 1 aromatic rings. The molecule has 0 heterocycles. The maximum atomic E-state index is 10.7. The van der Waals surface area contributed by atoms with Crippen LogP contribution in [0.2, 0.25) is 0 Å². The number of nitrogens with zero attached hydrogens (tertiary/aromatic N) is 1. The molecule has 0 spiro atoms. The molecule has 88 valence electrons. The zero-order valence-electron chi connectivity index (χ0n) is 9.66. The van der Waals surface area contributed by atoms with E-state index >= 15 is 0 Å². The van der Waals surface area contributed by atoms with Gasteiger partial charge in [0.25, 0.3) is 0 Å². The Kier molecular flexibility index (Phi) is 5.49. The predicted octanol–water partition coefficient (Wildman–Crippen LogP) is 2.63. The van der Waals surface area contributed by atoms with Crippen molar-refractivity contribution in [1.82, 2.24) is 4.90 Å². The number of aldehydes is 1. The number of hydrogen-bond donors (Lipinski definition) is 1. The molecule has 1 aromatic carbocycles. The van der Waals surface area contributed by atoms with E-state index in [1.807, 2.05) is 12.1 Å². The van der Waals surface area contributed by atoms with Crippen molar-refractivity contribution in [1.29, 1.82) is 0 Å². The van der Waals surface area contributed by atoms with Crippen molar-refractivity contribution in [3.63, 3.8) is 0 Å². The van der Waals surface area contributed by atoms with Crippen LogP contribution in [-0.4, -0.2) is 38.4 Å². The number of halogens is 1. The Balaban J connectivity index is 2.47. The molecule has 1 rings (SSSR count). The molecule has 4 heteroatoms. The van der Waals surface area contributed by atoms with Crippen molar-refractivity contribution in [2.45, 2.75) is 6.42 Å². The lowest BCUT2D eigenvalue weighted by Crippen LogP contribution is -2.16. The van der Waals surface area contributed by atoms with Gasteiger partial charge in [-0.2, -0.15) is 0 Å². The van der Waals surface area contributed by atoms with Crippen molar-refractivity contribution in [2.75, 3.05) is 32.5 Å². The largest absolute Gasteiger partial charge is 0.385 e. The summed E-state index contributed by atoms with van der Waals surface area (Å²) < 4.78 is 0.923. The second kappa shape index (κ2) is 6.66. The fourth-order valence-corrected chi connectivity index (χ4v) is 1.92. The summed E-state index contributed by atoms with van der Waals surface area (Å²) in [5.41, 5.74) is 1.67. The highest BCUT2D eigenvalue weighted by atomic mass is 79.9. The molecule has 0 amide bonds. The van der Waals surface area contributed by atoms with Crippen LogP contribution in [-0.2, 0) is 0 Å². The van der Waals surface area contributed by atoms with Gasteiger partial charge in [0.2, 0.25) is 0 Å². The summed E-state index contributed by atoms with van der Waals surface area (Å²) in [6.45, 7) is 1.97. The van der Waals surface area contributed by atoms with Crippen LogP contribution < -0.4 is 5.32 Å². The highest BCUT2D eigenvalue weighted by Gasteiger charge is 1.98. The van der Waals surface area contributed by atoms with Crippen molar-refractivity contribution in [3.05, 3.63) is 28.2 Å². The van der Waals surface area contributed by atoms with Crippen molar-refractivity contribution < 1.29 is 4.79 Å². The minimum Gasteiger partial charge on any atom is -0.385 e. The van der Waals surface area contributed by atoms with Crippen LogP contribution in [0, 0.1) is 0 Å². The molecular formula is C12H17BrN2O. The van der Waals surface area contributed by atoms with Gasteiger partial charge in [0.1, 0.15) is 6.29 Å². The van der Waals surface area contributed by atoms with E-state index in [2.05, 4.69) is 40.2 Å². The smallest absolute Gasteiger partial charge is 0.150 e. The third-order valence-corrected chi connectivity index (χ3v) is 2.63. The zero-order valence-corrected chi connectivity index (χ0v) is 11.3. The minimum absolute atomic E-state index is 0.685. The number of anilines is 1. The Morgan fingerprint density at radius 1 is 1.38 bits per heavy atom. The average Bonchev–Trinajstić information content (AvgIpc) is 2.23. The first-order valence-corrected chi connectivity index (χ1v) is 6.05. The molecule has 0 unspecified atom stereocenters. The van der Waals surface area contributed by atoms with Gasteiger partial charge in [0.05, 0.1) is 0 Å². The zero-order chi connectivity index (χ0) is 12.0. The Bertz CT molecular complexity index is 353. The summed E-state index contributed by atoms with van der Waals surface area (Å²) in [5.74, 6) is 0. The summed E-state index contributed by atoms with van der Waals surface area (Å²) in [7, 11) is 4.12. The average molecular weight is 285 g/mol. The Labute approximate surface area is 105 Å². The van der Waals surface area contributed by atoms with Crippen LogP contribution in [0.1, 0.15) is 16.8 Å². The predicted molar refractivity (Wildman–Crippen MR) is 71.2 cm³/mol. The van der Waals surface area contributed by atoms with Crippen LogP contribution in [0.25, 0.3) is 0 Å². The molecular weight excluding hydrogens is 268 g/mol. The third kappa shape index (κ3) is 4.77. The Morgan fingerprint density at radius 3 is 2.75 bits per heavy atom. The van der Waals surface area contributed by atoms with Crippen LogP contribution in [0.5, 0.6) is 0 Å². The molecule has 0 aromatic heterocycles. The van der Waals surface area contributed by atoms with E-state index in [9.17, 15) is 4.79 Å². The molecule has 0 fully saturated rings. The summed E-state index contributed by atoms with van der Waals surface area (Å²) in [6.07, 6.45) is 1.94. The normalized spacial score (nSPS) is 10.5. The number of nitrogens with one attached hydrogen (secondary N) is 1. The van der Waals surface area contributed by atoms with Gasteiger partial charge in [-0.25, -0.2) is 0 Å². The number of carbonyl (C=O) groups excluding carboxylic acids is 1. The second-order valence-electron chi connectivity index (χ2n) is 3.97. The van der Waals surface area contributed by atoms with E-state index in [0.717, 1.165) is 36.0 Å². The summed E-state index contributed by atoms with van der Waals surface area (Å²) in [4.78, 5) is 12.8. The third-order valence-electron chi connectivity index (χ3n) is 2.17. The van der Waals surface area contributed by atoms with E-state index < -0.39 is 0 Å². The Morgan fingerprint density at radius 2 is 2.12 bits per heavy atom. The minimum atomic E-state index is 0.685. The van der Waals surface area contributed by atoms with Gasteiger partial charge in [-0.3, -0.25) is 4.79 Å². The summed E-state index contributed by atoms with van der Waals surface area (Å²) in [6, 6.07) is 5.63. The van der Waals surface area contributed by atoms with Gasteiger partial charge in [-0.05, 0) is 45.3 Å². The first-order chi connectivity index (χ1) is 7.61. The summed E-state index contributed by atoms with van der Waals surface area (Å²) in [5, 5.41) is 3.30. The molecule has 1 N–H and O–H groups in total. The molecule has 0 aliphatic carbocycles. The van der Waals surface area contributed by atoms with E-state index in [-0.39, 0.29) is 0 Å². The van der Waals surface area contributed by atoms with Crippen LogP contribution >= 0.6 is 15.9 Å². The Hall–Kier alpha value is -0.870. The summed E-state index contributed by atoms with van der Waals surface area (Å²) >= 11 is 3.38. The van der Waals surface area contributed by atoms with Gasteiger partial charge >= 0.3 is 0 Å². The van der Waals surface area contributed by atoms with Gasteiger partial charge in [-0.1, -0.05) is 15.9 Å². The first-order valence-electron chi connectivity index (χ1n) is 5.26. The molecule has 0 saturated heterocycles. The molecule has 0 aliphatic rings. The standard InChI is InChI=1S/C12H17BrN2O/c1-15(2)5-3-4-14-12-7-10(9-16)6-11(13)8-12/h6-9,14H,3-5H2,1-2H3. The van der Waals surface area contributed by atoms with Gasteiger partial charge < -0.3 is 10.2 Å². The van der Waals surface area contributed by atoms with Crippen molar-refractivity contribution in [3.8, 4) is 0 Å². The lowest BCUT2D eigenvalue weighted by molar-refractivity contribution is 0.112. The van der Waals surface area contributed by atoms with E-state index in [4.69, 9.17) is 0 Å². The van der Waals surface area contributed by atoms with E-state index in [1.54, 1.807) is 6.07 Å². The fourth-order valence-electron chi connectivity index (χ4n) is 1.41. The van der Waals surface area contributed by atoms with E-state index in [1.165, 1.54) is 0 Å². The van der Waals surface area contributed by atoms with Gasteiger partial charge in [-0.15, -0.1) is 0 Å². The number of carbonyl (C=O) groups is 1. The maximum absolute atomic E-state index is 10.7. The molecule has 0 aliphatic heterocycles. The van der Waals surface area contributed by atoms with Gasteiger partial charge in [0, 0.05) is 22.3 Å². The molecule has 16 heavy (non-hydrogen) atoms. The highest BCUT2D eigenvalue weighted by Crippen LogP contribution is 2.18. The highest BCUT2D eigenvalue weighted by molar-refractivity contribution is 9.10. The van der Waals surface area contributed by atoms with Crippen LogP contribution in [0.3, 0.4) is 0 Å². The SMILES string of the molecule is CN(C)CCCNc1cc(Br)cc(C=O)c1. The molecule has 0 bridgehead atoms. The molecule has 0 saturated carbocycles. The van der Waals surface area contributed by atoms with Crippen LogP contribution in [0.15, 0.2) is 22.7 Å². The number of rotatable bonds is 6. The first kappa shape index (κ1) is 13.2. The number of hydrogen-bond acceptors (Lipinski definition) is 3. The topological polar surface area (TPSA) is 32.3 Å². The van der Waals surface area contributed by atoms with Crippen molar-refractivity contribution >= 4 is 27.9 Å². The molecule has 0 radical (unpaired) electrons. The van der Waals surface area contributed by atoms with Gasteiger partial charge in [0.15, 0.2) is 0 Å². The van der Waals surface area contributed by atoms with Crippen molar-refractivity contribution in [2.24, 2.45) is 0 Å². The molecule has 3 nitrogen and oxygen atoms in total. The van der Waals surface area contributed by atoms with E-state index in [0.29, 0.717) is 5.56 Å². The van der Waals surface area contributed by atoms with Crippen LogP contribution in [0.4, 0.5) is 5.69 Å². The monoisotopic (exact) mass is 284 g/mol. The second-order valence-corrected chi connectivity index (χ2v) is 4.89. The lowest BCUT2D eigenvalue weighted by Gasteiger charge is -2.11. The quantitative estimate of drug-likeness (QED) is 0.644. The molecule has 0 atom stereocenters. The fraction of sp³-hybridized carbons (Fsp3) is 0.417. The number of benzene rings is 1. The lowest BCUT2D eigenvalue weighted by atomic mass is 10.2.